The van der Waals surface area contributed by atoms with Crippen LogP contribution in [0.25, 0.3) is 0 Å². The van der Waals surface area contributed by atoms with Crippen molar-refractivity contribution in [3.05, 3.63) is 52.8 Å². The average Bonchev–Trinajstić information content (AvgIpc) is 2.66. The smallest absolute Gasteiger partial charge is 0.258 e. The standard InChI is InChI=1S/C19H22ClFN2O4S/c1-4-5-10-23(2)28(25,26)14-7-8-16(21)15(12-14)19(24)22-17-11-13(20)6-9-18(17)27-3/h6-9,11-12H,4-5,10H2,1-3H3,(H,22,24). The highest BCUT2D eigenvalue weighted by atomic mass is 35.5. The van der Waals surface area contributed by atoms with Crippen LogP contribution in [0.15, 0.2) is 41.3 Å². The number of benzene rings is 2. The van der Waals surface area contributed by atoms with Crippen molar-refractivity contribution >= 4 is 33.2 Å². The van der Waals surface area contributed by atoms with Gasteiger partial charge in [0, 0.05) is 18.6 Å². The minimum absolute atomic E-state index is 0.157. The molecule has 2 aromatic carbocycles. The molecule has 152 valence electrons. The first kappa shape index (κ1) is 22.1. The lowest BCUT2D eigenvalue weighted by Gasteiger charge is -2.17. The molecule has 0 fully saturated rings. The van der Waals surface area contributed by atoms with Crippen molar-refractivity contribution < 1.29 is 22.3 Å². The van der Waals surface area contributed by atoms with Gasteiger partial charge in [-0.2, -0.15) is 0 Å². The molecular weight excluding hydrogens is 407 g/mol. The van der Waals surface area contributed by atoms with E-state index in [1.165, 1.54) is 24.5 Å². The number of unbranched alkanes of at least 4 members (excludes halogenated alkanes) is 1. The second-order valence-electron chi connectivity index (χ2n) is 6.12. The van der Waals surface area contributed by atoms with Gasteiger partial charge in [0.05, 0.1) is 23.3 Å². The Kier molecular flexibility index (Phi) is 7.40. The number of carbonyl (C=O) groups is 1. The number of rotatable bonds is 8. The fourth-order valence-electron chi connectivity index (χ4n) is 2.49. The number of anilines is 1. The molecule has 0 spiro atoms. The van der Waals surface area contributed by atoms with Crippen LogP contribution in [0.1, 0.15) is 30.1 Å². The van der Waals surface area contributed by atoms with E-state index in [1.807, 2.05) is 6.92 Å². The van der Waals surface area contributed by atoms with E-state index in [9.17, 15) is 17.6 Å². The van der Waals surface area contributed by atoms with Crippen LogP contribution in [-0.2, 0) is 10.0 Å². The molecule has 0 heterocycles. The Bertz CT molecular complexity index is 966. The summed E-state index contributed by atoms with van der Waals surface area (Å²) in [5.74, 6) is -1.32. The topological polar surface area (TPSA) is 75.7 Å². The predicted molar refractivity (Wildman–Crippen MR) is 107 cm³/mol. The minimum Gasteiger partial charge on any atom is -0.495 e. The van der Waals surface area contributed by atoms with E-state index < -0.39 is 27.3 Å². The molecule has 2 rings (SSSR count). The molecule has 0 atom stereocenters. The zero-order valence-electron chi connectivity index (χ0n) is 15.8. The van der Waals surface area contributed by atoms with Crippen molar-refractivity contribution in [2.75, 3.05) is 26.0 Å². The van der Waals surface area contributed by atoms with E-state index >= 15 is 0 Å². The normalized spacial score (nSPS) is 11.5. The number of hydrogen-bond donors (Lipinski definition) is 1. The van der Waals surface area contributed by atoms with Crippen molar-refractivity contribution in [2.24, 2.45) is 0 Å². The largest absolute Gasteiger partial charge is 0.495 e. The third-order valence-corrected chi connectivity index (χ3v) is 6.21. The van der Waals surface area contributed by atoms with Gasteiger partial charge in [-0.1, -0.05) is 24.9 Å². The van der Waals surface area contributed by atoms with E-state index in [1.54, 1.807) is 12.1 Å². The zero-order chi connectivity index (χ0) is 20.9. The molecule has 6 nitrogen and oxygen atoms in total. The van der Waals surface area contributed by atoms with Crippen molar-refractivity contribution in [3.8, 4) is 5.75 Å². The molecule has 0 aliphatic rings. The molecule has 0 saturated heterocycles. The average molecular weight is 429 g/mol. The molecule has 0 radical (unpaired) electrons. The first-order valence-corrected chi connectivity index (χ1v) is 10.4. The highest BCUT2D eigenvalue weighted by Crippen LogP contribution is 2.28. The fraction of sp³-hybridized carbons (Fsp3) is 0.316. The summed E-state index contributed by atoms with van der Waals surface area (Å²) in [5.41, 5.74) is -0.153. The van der Waals surface area contributed by atoms with Gasteiger partial charge in [-0.05, 0) is 42.8 Å². The lowest BCUT2D eigenvalue weighted by molar-refractivity contribution is 0.102. The van der Waals surface area contributed by atoms with E-state index in [0.717, 1.165) is 24.6 Å². The molecule has 0 bridgehead atoms. The first-order valence-electron chi connectivity index (χ1n) is 8.61. The van der Waals surface area contributed by atoms with Gasteiger partial charge in [-0.25, -0.2) is 17.1 Å². The van der Waals surface area contributed by atoms with Crippen LogP contribution in [0.3, 0.4) is 0 Å². The lowest BCUT2D eigenvalue weighted by Crippen LogP contribution is -2.28. The van der Waals surface area contributed by atoms with Gasteiger partial charge in [-0.3, -0.25) is 4.79 Å². The van der Waals surface area contributed by atoms with Crippen LogP contribution in [0.4, 0.5) is 10.1 Å². The number of nitrogens with one attached hydrogen (secondary N) is 1. The van der Waals surface area contributed by atoms with E-state index in [4.69, 9.17) is 16.3 Å². The molecule has 0 unspecified atom stereocenters. The Labute approximate surface area is 169 Å². The Balaban J connectivity index is 2.35. The number of ether oxygens (including phenoxy) is 1. The van der Waals surface area contributed by atoms with Crippen LogP contribution in [-0.4, -0.2) is 39.3 Å². The molecule has 2 aromatic rings. The summed E-state index contributed by atoms with van der Waals surface area (Å²) in [7, 11) is -0.971. The van der Waals surface area contributed by atoms with Gasteiger partial charge in [0.25, 0.3) is 5.91 Å². The summed E-state index contributed by atoms with van der Waals surface area (Å²) < 4.78 is 45.9. The molecule has 0 aliphatic carbocycles. The minimum atomic E-state index is -3.84. The van der Waals surface area contributed by atoms with Gasteiger partial charge in [-0.15, -0.1) is 0 Å². The monoisotopic (exact) mass is 428 g/mol. The number of halogens is 2. The number of hydrogen-bond acceptors (Lipinski definition) is 4. The molecule has 1 N–H and O–H groups in total. The summed E-state index contributed by atoms with van der Waals surface area (Å²) in [4.78, 5) is 12.4. The van der Waals surface area contributed by atoms with Crippen LogP contribution >= 0.6 is 11.6 Å². The zero-order valence-corrected chi connectivity index (χ0v) is 17.4. The molecule has 0 aliphatic heterocycles. The van der Waals surface area contributed by atoms with Crippen LogP contribution < -0.4 is 10.1 Å². The number of carbonyl (C=O) groups excluding carboxylic acids is 1. The fourth-order valence-corrected chi connectivity index (χ4v) is 3.90. The van der Waals surface area contributed by atoms with Gasteiger partial charge in [0.2, 0.25) is 10.0 Å². The summed E-state index contributed by atoms with van der Waals surface area (Å²) in [5, 5.41) is 2.86. The van der Waals surface area contributed by atoms with Crippen molar-refractivity contribution in [1.82, 2.24) is 4.31 Å². The summed E-state index contributed by atoms with van der Waals surface area (Å²) >= 11 is 5.93. The number of amides is 1. The summed E-state index contributed by atoms with van der Waals surface area (Å²) in [6, 6.07) is 7.72. The Morgan fingerprint density at radius 2 is 1.96 bits per heavy atom. The maximum absolute atomic E-state index is 14.2. The SMILES string of the molecule is CCCCN(C)S(=O)(=O)c1ccc(F)c(C(=O)Nc2cc(Cl)ccc2OC)c1. The number of methoxy groups -OCH3 is 1. The quantitative estimate of drug-likeness (QED) is 0.685. The Morgan fingerprint density at radius 1 is 1.25 bits per heavy atom. The maximum atomic E-state index is 14.2. The molecule has 9 heteroatoms. The highest BCUT2D eigenvalue weighted by molar-refractivity contribution is 7.89. The number of sulfonamides is 1. The maximum Gasteiger partial charge on any atom is 0.258 e. The van der Waals surface area contributed by atoms with E-state index in [2.05, 4.69) is 5.32 Å². The summed E-state index contributed by atoms with van der Waals surface area (Å²) in [6.07, 6.45) is 1.53. The first-order chi connectivity index (χ1) is 13.2. The lowest BCUT2D eigenvalue weighted by atomic mass is 10.2. The van der Waals surface area contributed by atoms with E-state index in [-0.39, 0.29) is 10.6 Å². The Morgan fingerprint density at radius 3 is 2.61 bits per heavy atom. The third-order valence-electron chi connectivity index (χ3n) is 4.13. The number of nitrogens with zero attached hydrogens (tertiary/aromatic N) is 1. The van der Waals surface area contributed by atoms with Crippen molar-refractivity contribution in [1.29, 1.82) is 0 Å². The van der Waals surface area contributed by atoms with Crippen LogP contribution in [0.5, 0.6) is 5.75 Å². The molecule has 0 aromatic heterocycles. The van der Waals surface area contributed by atoms with Gasteiger partial charge < -0.3 is 10.1 Å². The van der Waals surface area contributed by atoms with Gasteiger partial charge in [0.15, 0.2) is 0 Å². The second kappa shape index (κ2) is 9.36. The van der Waals surface area contributed by atoms with Crippen molar-refractivity contribution in [3.63, 3.8) is 0 Å². The van der Waals surface area contributed by atoms with E-state index in [0.29, 0.717) is 23.7 Å². The van der Waals surface area contributed by atoms with Gasteiger partial charge >= 0.3 is 0 Å². The van der Waals surface area contributed by atoms with Gasteiger partial charge in [0.1, 0.15) is 11.6 Å². The molecular formula is C19H22ClFN2O4S. The third kappa shape index (κ3) is 5.01. The van der Waals surface area contributed by atoms with Crippen molar-refractivity contribution in [2.45, 2.75) is 24.7 Å². The molecule has 1 amide bonds. The summed E-state index contributed by atoms with van der Waals surface area (Å²) in [6.45, 7) is 2.28. The van der Waals surface area contributed by atoms with Crippen LogP contribution in [0.2, 0.25) is 5.02 Å². The molecule has 0 saturated carbocycles. The van der Waals surface area contributed by atoms with Crippen LogP contribution in [0, 0.1) is 5.82 Å². The highest BCUT2D eigenvalue weighted by Gasteiger charge is 2.23. The predicted octanol–water partition coefficient (Wildman–Crippen LogP) is 4.16. The second-order valence-corrected chi connectivity index (χ2v) is 8.60. The molecule has 28 heavy (non-hydrogen) atoms. The Hall–Kier alpha value is -2.16.